The Morgan fingerprint density at radius 1 is 0.872 bits per heavy atom. The van der Waals surface area contributed by atoms with Gasteiger partial charge in [0.1, 0.15) is 0 Å². The van der Waals surface area contributed by atoms with Gasteiger partial charge in [-0.15, -0.1) is 0 Å². The molecular formula is C30H36FN5O3. The highest BCUT2D eigenvalue weighted by Gasteiger charge is 2.44. The van der Waals surface area contributed by atoms with E-state index < -0.39 is 22.6 Å². The van der Waals surface area contributed by atoms with Crippen LogP contribution < -0.4 is 16.8 Å². The molecule has 5 atom stereocenters. The van der Waals surface area contributed by atoms with Gasteiger partial charge in [0.25, 0.3) is 11.1 Å². The molecule has 2 aromatic heterocycles. The number of halogens is 1. The summed E-state index contributed by atoms with van der Waals surface area (Å²) in [5.74, 6) is 0.737. The molecule has 1 aromatic carbocycles. The summed E-state index contributed by atoms with van der Waals surface area (Å²) >= 11 is 0. The highest BCUT2D eigenvalue weighted by atomic mass is 19.1. The van der Waals surface area contributed by atoms with Crippen molar-refractivity contribution in [1.82, 2.24) is 24.0 Å². The van der Waals surface area contributed by atoms with Gasteiger partial charge >= 0.3 is 5.69 Å². The van der Waals surface area contributed by atoms with Crippen molar-refractivity contribution >= 4 is 11.0 Å². The third kappa shape index (κ3) is 4.39. The molecule has 4 bridgehead atoms. The Morgan fingerprint density at radius 3 is 2.46 bits per heavy atom. The first-order valence-electron chi connectivity index (χ1n) is 14.7. The van der Waals surface area contributed by atoms with Gasteiger partial charge in [-0.1, -0.05) is 44.2 Å². The molecule has 0 radical (unpaired) electrons. The molecule has 2 saturated heterocycles. The van der Waals surface area contributed by atoms with Crippen molar-refractivity contribution in [1.29, 1.82) is 0 Å². The van der Waals surface area contributed by atoms with E-state index in [1.54, 1.807) is 0 Å². The number of aromatic amines is 1. The lowest BCUT2D eigenvalue weighted by molar-refractivity contribution is -0.0232. The second-order valence-corrected chi connectivity index (χ2v) is 12.4. The molecule has 5 aliphatic rings. The molecule has 3 aromatic rings. The summed E-state index contributed by atoms with van der Waals surface area (Å²) in [4.78, 5) is 47.7. The fraction of sp³-hybridized carbons (Fsp3) is 0.600. The summed E-state index contributed by atoms with van der Waals surface area (Å²) in [7, 11) is 0. The molecule has 0 amide bonds. The van der Waals surface area contributed by atoms with Crippen LogP contribution in [0.2, 0.25) is 0 Å². The maximum Gasteiger partial charge on any atom is 0.334 e. The van der Waals surface area contributed by atoms with Crippen molar-refractivity contribution in [2.75, 3.05) is 6.54 Å². The number of fused-ring (bicyclic) bond motifs is 8. The molecule has 3 saturated carbocycles. The van der Waals surface area contributed by atoms with Crippen LogP contribution in [0.3, 0.4) is 0 Å². The number of hydrogen-bond acceptors (Lipinski definition) is 5. The van der Waals surface area contributed by atoms with Crippen LogP contribution in [-0.4, -0.2) is 42.6 Å². The Morgan fingerprint density at radius 2 is 1.64 bits per heavy atom. The molecule has 9 heteroatoms. The third-order valence-corrected chi connectivity index (χ3v) is 10.1. The summed E-state index contributed by atoms with van der Waals surface area (Å²) < 4.78 is 16.9. The minimum Gasteiger partial charge on any atom is -0.300 e. The van der Waals surface area contributed by atoms with Crippen molar-refractivity contribution in [2.24, 2.45) is 17.8 Å². The average molecular weight is 534 g/mol. The number of hydrogen-bond donors (Lipinski definition) is 1. The van der Waals surface area contributed by atoms with Crippen molar-refractivity contribution in [3.05, 3.63) is 67.5 Å². The molecule has 5 fully saturated rings. The number of benzene rings is 1. The highest BCUT2D eigenvalue weighted by molar-refractivity contribution is 5.75. The van der Waals surface area contributed by atoms with Crippen LogP contribution >= 0.6 is 0 Å². The van der Waals surface area contributed by atoms with Gasteiger partial charge in [-0.25, -0.2) is 14.3 Å². The van der Waals surface area contributed by atoms with Crippen LogP contribution in [0.25, 0.3) is 16.9 Å². The zero-order valence-electron chi connectivity index (χ0n) is 22.2. The predicted molar refractivity (Wildman–Crippen MR) is 147 cm³/mol. The number of nitrogens with one attached hydrogen (secondary N) is 1. The van der Waals surface area contributed by atoms with Gasteiger partial charge in [0.05, 0.1) is 17.2 Å². The van der Waals surface area contributed by atoms with E-state index in [-0.39, 0.29) is 11.9 Å². The number of rotatable bonds is 3. The van der Waals surface area contributed by atoms with E-state index in [0.717, 1.165) is 60.3 Å². The second-order valence-electron chi connectivity index (χ2n) is 12.4. The van der Waals surface area contributed by atoms with E-state index in [9.17, 15) is 18.8 Å². The van der Waals surface area contributed by atoms with Gasteiger partial charge in [0, 0.05) is 24.7 Å². The quantitative estimate of drug-likeness (QED) is 0.546. The van der Waals surface area contributed by atoms with Crippen molar-refractivity contribution in [3.8, 4) is 5.82 Å². The summed E-state index contributed by atoms with van der Waals surface area (Å²) in [5.41, 5.74) is -1.10. The lowest BCUT2D eigenvalue weighted by atomic mass is 9.68. The van der Waals surface area contributed by atoms with E-state index in [4.69, 9.17) is 0 Å². The average Bonchev–Trinajstić information content (AvgIpc) is 2.90. The molecule has 8 nitrogen and oxygen atoms in total. The summed E-state index contributed by atoms with van der Waals surface area (Å²) in [6.07, 6.45) is 14.4. The molecule has 0 spiro atoms. The Labute approximate surface area is 225 Å². The van der Waals surface area contributed by atoms with Crippen LogP contribution in [0.4, 0.5) is 4.39 Å². The van der Waals surface area contributed by atoms with Crippen LogP contribution in [0, 0.1) is 23.6 Å². The van der Waals surface area contributed by atoms with Crippen LogP contribution in [0.5, 0.6) is 0 Å². The summed E-state index contributed by atoms with van der Waals surface area (Å²) in [6.45, 7) is 0.991. The molecule has 8 rings (SSSR count). The van der Waals surface area contributed by atoms with E-state index >= 15 is 0 Å². The van der Waals surface area contributed by atoms with Gasteiger partial charge in [-0.05, 0) is 68.4 Å². The van der Waals surface area contributed by atoms with Gasteiger partial charge in [0.2, 0.25) is 11.6 Å². The summed E-state index contributed by atoms with van der Waals surface area (Å²) in [5, 5.41) is 0. The van der Waals surface area contributed by atoms with E-state index in [0.29, 0.717) is 23.5 Å². The monoisotopic (exact) mass is 533 g/mol. The molecule has 5 unspecified atom stereocenters. The first kappa shape index (κ1) is 24.9. The summed E-state index contributed by atoms with van der Waals surface area (Å²) in [6, 6.07) is 8.51. The molecule has 2 aliphatic heterocycles. The van der Waals surface area contributed by atoms with Crippen molar-refractivity contribution in [3.63, 3.8) is 0 Å². The fourth-order valence-electron chi connectivity index (χ4n) is 8.47. The zero-order chi connectivity index (χ0) is 26.7. The van der Waals surface area contributed by atoms with E-state index in [1.165, 1.54) is 44.9 Å². The number of H-pyrrole nitrogens is 1. The predicted octanol–water partition coefficient (Wildman–Crippen LogP) is 4.15. The van der Waals surface area contributed by atoms with Gasteiger partial charge in [0.15, 0.2) is 0 Å². The van der Waals surface area contributed by atoms with Crippen LogP contribution in [-0.2, 0) is 0 Å². The maximum absolute atomic E-state index is 14.2. The molecule has 206 valence electrons. The number of aromatic nitrogens is 4. The molecule has 39 heavy (non-hydrogen) atoms. The molecule has 1 N–H and O–H groups in total. The number of nitrogens with zero attached hydrogens (tertiary/aromatic N) is 4. The smallest absolute Gasteiger partial charge is 0.300 e. The maximum atomic E-state index is 14.2. The van der Waals surface area contributed by atoms with Crippen molar-refractivity contribution < 1.29 is 4.39 Å². The lowest BCUT2D eigenvalue weighted by Gasteiger charge is -2.53. The van der Waals surface area contributed by atoms with Crippen LogP contribution in [0.1, 0.15) is 76.7 Å². The van der Waals surface area contributed by atoms with Gasteiger partial charge in [-0.2, -0.15) is 4.39 Å². The van der Waals surface area contributed by atoms with Gasteiger partial charge < -0.3 is 4.57 Å². The molecular weight excluding hydrogens is 497 g/mol. The first-order chi connectivity index (χ1) is 19.0. The standard InChI is InChI=1S/C30H36FN5O3/c31-23-17-35(30(39)33-28(23)37)27-29(38)36(25-11-4-3-10-24(25)32-27)26-15-21-9-2-1-8-20(26)16-34(21)22-13-18-6-5-7-19(12-18)14-22/h3-4,10-11,17-22,26H,1-2,5-9,12-16H2,(H,33,37,39). The van der Waals surface area contributed by atoms with Gasteiger partial charge in [-0.3, -0.25) is 19.5 Å². The molecule has 4 heterocycles. The Bertz CT molecular complexity index is 1570. The highest BCUT2D eigenvalue weighted by Crippen LogP contribution is 2.46. The normalized spacial score (nSPS) is 31.2. The Hall–Kier alpha value is -3.07. The minimum atomic E-state index is -1.13. The lowest BCUT2D eigenvalue weighted by Crippen LogP contribution is -2.56. The second kappa shape index (κ2) is 9.84. The third-order valence-electron chi connectivity index (χ3n) is 10.1. The van der Waals surface area contributed by atoms with Crippen molar-refractivity contribution in [2.45, 2.75) is 88.8 Å². The fourth-order valence-corrected chi connectivity index (χ4v) is 8.47. The molecule has 3 aliphatic carbocycles. The Kier molecular flexibility index (Phi) is 6.29. The zero-order valence-corrected chi connectivity index (χ0v) is 22.2. The SMILES string of the molecule is O=c1[nH]c(=O)n(-c2nc3ccccc3n(C3CC4CCCCC3CN4C3CC4CCCC(C4)C3)c2=O)cc1F. The van der Waals surface area contributed by atoms with Crippen LogP contribution in [0.15, 0.2) is 44.8 Å². The number of piperidine rings is 1. The van der Waals surface area contributed by atoms with E-state index in [1.807, 2.05) is 33.8 Å². The van der Waals surface area contributed by atoms with E-state index in [2.05, 4.69) is 9.88 Å². The first-order valence-corrected chi connectivity index (χ1v) is 14.7. The topological polar surface area (TPSA) is 93.0 Å². The minimum absolute atomic E-state index is 0.0305. The number of para-hydroxylation sites is 2. The largest absolute Gasteiger partial charge is 0.334 e. The Balaban J connectivity index is 1.31.